The van der Waals surface area contributed by atoms with Gasteiger partial charge in [-0.1, -0.05) is 42.5 Å². The molecule has 0 aliphatic carbocycles. The topological polar surface area (TPSA) is 100 Å². The van der Waals surface area contributed by atoms with E-state index in [-0.39, 0.29) is 37.1 Å². The van der Waals surface area contributed by atoms with Gasteiger partial charge >= 0.3 is 0 Å². The molecule has 168 valence electrons. The van der Waals surface area contributed by atoms with Crippen LogP contribution in [-0.2, 0) is 17.6 Å². The van der Waals surface area contributed by atoms with Gasteiger partial charge in [-0.2, -0.15) is 0 Å². The third-order valence-corrected chi connectivity index (χ3v) is 5.43. The Bertz CT molecular complexity index is 936. The Labute approximate surface area is 199 Å². The first-order valence-corrected chi connectivity index (χ1v) is 10.4. The van der Waals surface area contributed by atoms with Gasteiger partial charge in [0.2, 0.25) is 5.91 Å². The molecule has 9 heteroatoms. The largest absolute Gasteiger partial charge is 0.387 e. The van der Waals surface area contributed by atoms with Crippen molar-refractivity contribution < 1.29 is 9.90 Å². The Hall–Kier alpha value is -2.16. The number of nitrogens with two attached hydrogens (primary N) is 1. The van der Waals surface area contributed by atoms with Crippen LogP contribution in [0, 0.1) is 6.92 Å². The first-order chi connectivity index (χ1) is 14.0. The third kappa shape index (κ3) is 8.47. The number of carbonyl (C=O) groups excluding carboxylic acids is 1. The number of nitrogen functional groups attached to an aromatic ring is 1. The fourth-order valence-electron chi connectivity index (χ4n) is 2.99. The highest BCUT2D eigenvalue weighted by atomic mass is 35.5. The van der Waals surface area contributed by atoms with Gasteiger partial charge < -0.3 is 21.5 Å². The predicted molar refractivity (Wildman–Crippen MR) is 133 cm³/mol. The van der Waals surface area contributed by atoms with E-state index in [0.29, 0.717) is 11.7 Å². The fraction of sp³-hybridized carbons (Fsp3) is 0.273. The van der Waals surface area contributed by atoms with Crippen molar-refractivity contribution >= 4 is 52.9 Å². The number of hydrogen-bond acceptors (Lipinski definition) is 6. The Morgan fingerprint density at radius 1 is 1.13 bits per heavy atom. The second kappa shape index (κ2) is 13.3. The van der Waals surface area contributed by atoms with Gasteiger partial charge in [0, 0.05) is 17.1 Å². The van der Waals surface area contributed by atoms with E-state index >= 15 is 0 Å². The Morgan fingerprint density at radius 2 is 1.81 bits per heavy atom. The smallest absolute Gasteiger partial charge is 0.230 e. The molecule has 0 saturated carbocycles. The lowest BCUT2D eigenvalue weighted by atomic mass is 10.1. The maximum Gasteiger partial charge on any atom is 0.230 e. The summed E-state index contributed by atoms with van der Waals surface area (Å²) < 4.78 is 0. The summed E-state index contributed by atoms with van der Waals surface area (Å²) in [6, 6.07) is 17.4. The molecule has 1 heterocycles. The standard InChI is InChI=1S/C22H26N4O2S.2ClH/c1-15-19(26-22(23)29-15)13-21(28)25-18-9-7-16(8-10-18)11-12-24-14-20(27)17-5-3-2-4-6-17;;/h2-10,20,24,27H,11-14H2,1H3,(H2,23,26)(H,25,28);2*1H. The Balaban J connectivity index is 0.00000240. The molecule has 1 unspecified atom stereocenters. The molecule has 2 aromatic carbocycles. The fourth-order valence-corrected chi connectivity index (χ4v) is 3.70. The molecule has 3 rings (SSSR count). The van der Waals surface area contributed by atoms with Crippen LogP contribution in [0.3, 0.4) is 0 Å². The zero-order valence-electron chi connectivity index (χ0n) is 17.2. The lowest BCUT2D eigenvalue weighted by molar-refractivity contribution is -0.115. The molecule has 0 radical (unpaired) electrons. The minimum Gasteiger partial charge on any atom is -0.387 e. The van der Waals surface area contributed by atoms with Crippen molar-refractivity contribution in [2.75, 3.05) is 24.1 Å². The molecule has 0 aliphatic rings. The number of nitrogens with zero attached hydrogens (tertiary/aromatic N) is 1. The normalized spacial score (nSPS) is 11.2. The first-order valence-electron chi connectivity index (χ1n) is 9.55. The van der Waals surface area contributed by atoms with Gasteiger partial charge in [-0.05, 0) is 43.1 Å². The van der Waals surface area contributed by atoms with E-state index in [0.717, 1.165) is 40.4 Å². The van der Waals surface area contributed by atoms with Crippen LogP contribution in [0.5, 0.6) is 0 Å². The molecule has 3 aromatic rings. The number of hydrogen-bond donors (Lipinski definition) is 4. The van der Waals surface area contributed by atoms with Crippen molar-refractivity contribution in [3.05, 3.63) is 76.3 Å². The number of benzene rings is 2. The minimum absolute atomic E-state index is 0. The van der Waals surface area contributed by atoms with E-state index in [1.165, 1.54) is 11.3 Å². The van der Waals surface area contributed by atoms with E-state index in [2.05, 4.69) is 15.6 Å². The van der Waals surface area contributed by atoms with Crippen LogP contribution in [0.2, 0.25) is 0 Å². The van der Waals surface area contributed by atoms with Crippen molar-refractivity contribution in [1.29, 1.82) is 0 Å². The van der Waals surface area contributed by atoms with Crippen molar-refractivity contribution in [2.24, 2.45) is 0 Å². The molecule has 6 nitrogen and oxygen atoms in total. The molecule has 0 aliphatic heterocycles. The highest BCUT2D eigenvalue weighted by Gasteiger charge is 2.11. The summed E-state index contributed by atoms with van der Waals surface area (Å²) in [7, 11) is 0. The van der Waals surface area contributed by atoms with E-state index in [4.69, 9.17) is 5.73 Å². The minimum atomic E-state index is -0.509. The van der Waals surface area contributed by atoms with E-state index in [1.54, 1.807) is 0 Å². The van der Waals surface area contributed by atoms with Crippen LogP contribution in [0.15, 0.2) is 54.6 Å². The predicted octanol–water partition coefficient (Wildman–Crippen LogP) is 3.92. The van der Waals surface area contributed by atoms with Crippen molar-refractivity contribution in [2.45, 2.75) is 25.9 Å². The number of aliphatic hydroxyl groups excluding tert-OH is 1. The molecule has 1 amide bonds. The average molecular weight is 483 g/mol. The summed E-state index contributed by atoms with van der Waals surface area (Å²) >= 11 is 1.39. The zero-order chi connectivity index (χ0) is 20.6. The lowest BCUT2D eigenvalue weighted by Crippen LogP contribution is -2.23. The van der Waals surface area contributed by atoms with Gasteiger partial charge in [0.05, 0.1) is 18.2 Å². The number of aromatic nitrogens is 1. The van der Waals surface area contributed by atoms with Gasteiger partial charge in [-0.15, -0.1) is 36.2 Å². The molecular formula is C22H28Cl2N4O2S. The van der Waals surface area contributed by atoms with Crippen molar-refractivity contribution in [3.63, 3.8) is 0 Å². The lowest BCUT2D eigenvalue weighted by Gasteiger charge is -2.12. The second-order valence-corrected chi connectivity index (χ2v) is 8.09. The second-order valence-electron chi connectivity index (χ2n) is 6.86. The van der Waals surface area contributed by atoms with Crippen LogP contribution in [0.1, 0.15) is 27.8 Å². The Kier molecular flexibility index (Phi) is 11.5. The molecule has 0 bridgehead atoms. The number of rotatable bonds is 9. The van der Waals surface area contributed by atoms with Gasteiger partial charge in [-0.25, -0.2) is 4.98 Å². The highest BCUT2D eigenvalue weighted by Crippen LogP contribution is 2.20. The number of carbonyl (C=O) groups is 1. The van der Waals surface area contributed by atoms with Crippen LogP contribution >= 0.6 is 36.2 Å². The number of thiazole rings is 1. The summed E-state index contributed by atoms with van der Waals surface area (Å²) in [5.41, 5.74) is 9.23. The van der Waals surface area contributed by atoms with Crippen LogP contribution in [0.4, 0.5) is 10.8 Å². The molecule has 0 spiro atoms. The monoisotopic (exact) mass is 482 g/mol. The Morgan fingerprint density at radius 3 is 2.42 bits per heavy atom. The number of nitrogens with one attached hydrogen (secondary N) is 2. The molecule has 0 fully saturated rings. The van der Waals surface area contributed by atoms with E-state index < -0.39 is 6.10 Å². The number of halogens is 2. The maximum absolute atomic E-state index is 12.2. The molecule has 0 saturated heterocycles. The maximum atomic E-state index is 12.2. The average Bonchev–Trinajstić information content (AvgIpc) is 3.03. The molecule has 5 N–H and O–H groups in total. The van der Waals surface area contributed by atoms with E-state index in [9.17, 15) is 9.90 Å². The zero-order valence-corrected chi connectivity index (χ0v) is 19.7. The summed E-state index contributed by atoms with van der Waals surface area (Å²) in [5.74, 6) is -0.109. The molecule has 1 aromatic heterocycles. The number of aliphatic hydroxyl groups is 1. The van der Waals surface area contributed by atoms with Gasteiger partial charge in [-0.3, -0.25) is 4.79 Å². The van der Waals surface area contributed by atoms with Gasteiger partial charge in [0.1, 0.15) is 0 Å². The quantitative estimate of drug-likeness (QED) is 0.346. The van der Waals surface area contributed by atoms with Crippen LogP contribution < -0.4 is 16.4 Å². The van der Waals surface area contributed by atoms with Crippen molar-refractivity contribution in [1.82, 2.24) is 10.3 Å². The van der Waals surface area contributed by atoms with Crippen molar-refractivity contribution in [3.8, 4) is 0 Å². The third-order valence-electron chi connectivity index (χ3n) is 4.59. The molecule has 31 heavy (non-hydrogen) atoms. The summed E-state index contributed by atoms with van der Waals surface area (Å²) in [6.45, 7) is 3.19. The van der Waals surface area contributed by atoms with Gasteiger partial charge in [0.15, 0.2) is 5.13 Å². The molecule has 1 atom stereocenters. The highest BCUT2D eigenvalue weighted by molar-refractivity contribution is 7.15. The van der Waals surface area contributed by atoms with Gasteiger partial charge in [0.25, 0.3) is 0 Å². The first kappa shape index (κ1) is 26.9. The summed E-state index contributed by atoms with van der Waals surface area (Å²) in [4.78, 5) is 17.4. The summed E-state index contributed by atoms with van der Waals surface area (Å²) in [6.07, 6.45) is 0.549. The summed E-state index contributed by atoms with van der Waals surface area (Å²) in [5, 5.41) is 16.8. The number of aryl methyl sites for hydroxylation is 1. The molecular weight excluding hydrogens is 455 g/mol. The number of amides is 1. The van der Waals surface area contributed by atoms with Crippen LogP contribution in [0.25, 0.3) is 0 Å². The van der Waals surface area contributed by atoms with Crippen LogP contribution in [-0.4, -0.2) is 29.1 Å². The van der Waals surface area contributed by atoms with E-state index in [1.807, 2.05) is 61.5 Å². The SMILES string of the molecule is Cc1sc(N)nc1CC(=O)Nc1ccc(CCNCC(O)c2ccccc2)cc1.Cl.Cl. The number of anilines is 2.